The SMILES string of the molecule is COC(=O)CC1C[N]CNC1. The minimum Gasteiger partial charge on any atom is -0.469 e. The average molecular weight is 157 g/mol. The number of carbonyl (C=O) groups is 1. The molecule has 0 aromatic carbocycles. The third kappa shape index (κ3) is 2.86. The lowest BCUT2D eigenvalue weighted by molar-refractivity contribution is -0.141. The molecule has 1 atom stereocenters. The summed E-state index contributed by atoms with van der Waals surface area (Å²) in [5.74, 6) is 0.185. The van der Waals surface area contributed by atoms with Crippen molar-refractivity contribution >= 4 is 5.97 Å². The molecule has 11 heavy (non-hydrogen) atoms. The summed E-state index contributed by atoms with van der Waals surface area (Å²) in [4.78, 5) is 10.8. The highest BCUT2D eigenvalue weighted by molar-refractivity contribution is 5.69. The van der Waals surface area contributed by atoms with Gasteiger partial charge in [-0.05, 0) is 5.92 Å². The molecule has 0 aromatic rings. The molecule has 1 aliphatic heterocycles. The van der Waals surface area contributed by atoms with Crippen LogP contribution < -0.4 is 10.6 Å². The summed E-state index contributed by atoms with van der Waals surface area (Å²) in [6, 6.07) is 0. The highest BCUT2D eigenvalue weighted by Crippen LogP contribution is 2.04. The molecule has 1 radical (unpaired) electrons. The predicted molar refractivity (Wildman–Crippen MR) is 40.0 cm³/mol. The first-order chi connectivity index (χ1) is 5.33. The molecule has 1 fully saturated rings. The zero-order chi connectivity index (χ0) is 8.10. The third-order valence-electron chi connectivity index (χ3n) is 1.73. The van der Waals surface area contributed by atoms with Crippen LogP contribution in [0.5, 0.6) is 0 Å². The molecule has 0 spiro atoms. The molecule has 0 aromatic heterocycles. The summed E-state index contributed by atoms with van der Waals surface area (Å²) in [6.07, 6.45) is 0.479. The van der Waals surface area contributed by atoms with Crippen LogP contribution in [-0.2, 0) is 9.53 Å². The molecule has 1 heterocycles. The van der Waals surface area contributed by atoms with E-state index in [0.717, 1.165) is 19.8 Å². The Bertz CT molecular complexity index is 132. The Morgan fingerprint density at radius 1 is 1.82 bits per heavy atom. The Kier molecular flexibility index (Phi) is 3.32. The van der Waals surface area contributed by atoms with Crippen molar-refractivity contribution in [2.24, 2.45) is 5.92 Å². The Morgan fingerprint density at radius 3 is 3.18 bits per heavy atom. The van der Waals surface area contributed by atoms with Crippen molar-refractivity contribution in [3.63, 3.8) is 0 Å². The molecule has 1 unspecified atom stereocenters. The summed E-state index contributed by atoms with van der Waals surface area (Å²) in [7, 11) is 1.41. The van der Waals surface area contributed by atoms with Crippen molar-refractivity contribution in [1.29, 1.82) is 0 Å². The molecule has 0 amide bonds. The van der Waals surface area contributed by atoms with E-state index in [1.807, 2.05) is 0 Å². The molecule has 1 aliphatic rings. The van der Waals surface area contributed by atoms with E-state index < -0.39 is 0 Å². The van der Waals surface area contributed by atoms with Crippen LogP contribution in [0.2, 0.25) is 0 Å². The van der Waals surface area contributed by atoms with E-state index >= 15 is 0 Å². The van der Waals surface area contributed by atoms with Crippen LogP contribution in [0, 0.1) is 5.92 Å². The minimum atomic E-state index is -0.145. The second-order valence-corrected chi connectivity index (χ2v) is 2.66. The van der Waals surface area contributed by atoms with E-state index in [2.05, 4.69) is 15.4 Å². The molecule has 0 aliphatic carbocycles. The average Bonchev–Trinajstić information content (AvgIpc) is 2.06. The van der Waals surface area contributed by atoms with Crippen LogP contribution in [0.25, 0.3) is 0 Å². The van der Waals surface area contributed by atoms with Gasteiger partial charge in [0.15, 0.2) is 0 Å². The van der Waals surface area contributed by atoms with Crippen molar-refractivity contribution in [2.75, 3.05) is 26.9 Å². The zero-order valence-corrected chi connectivity index (χ0v) is 6.67. The predicted octanol–water partition coefficient (Wildman–Crippen LogP) is -0.669. The molecular weight excluding hydrogens is 144 g/mol. The standard InChI is InChI=1S/C7H13N2O2/c1-11-7(10)2-6-3-8-5-9-4-6/h6,8H,2-5H2,1H3. The van der Waals surface area contributed by atoms with Crippen LogP contribution in [0.3, 0.4) is 0 Å². The van der Waals surface area contributed by atoms with Gasteiger partial charge in [-0.3, -0.25) is 4.79 Å². The number of rotatable bonds is 2. The first-order valence-corrected chi connectivity index (χ1v) is 3.73. The Balaban J connectivity index is 2.19. The number of hydrogen-bond donors (Lipinski definition) is 1. The third-order valence-corrected chi connectivity index (χ3v) is 1.73. The maximum Gasteiger partial charge on any atom is 0.305 e. The van der Waals surface area contributed by atoms with E-state index in [-0.39, 0.29) is 5.97 Å². The van der Waals surface area contributed by atoms with Crippen LogP contribution in [-0.4, -0.2) is 32.8 Å². The summed E-state index contributed by atoms with van der Waals surface area (Å²) in [5, 5.41) is 7.22. The molecule has 1 rings (SSSR count). The Morgan fingerprint density at radius 2 is 2.64 bits per heavy atom. The van der Waals surface area contributed by atoms with Gasteiger partial charge in [0, 0.05) is 13.1 Å². The molecule has 0 bridgehead atoms. The van der Waals surface area contributed by atoms with Gasteiger partial charge in [-0.2, -0.15) is 0 Å². The van der Waals surface area contributed by atoms with Gasteiger partial charge in [-0.25, -0.2) is 5.32 Å². The first kappa shape index (κ1) is 8.49. The fraction of sp³-hybridized carbons (Fsp3) is 0.857. The Hall–Kier alpha value is -0.610. The summed E-state index contributed by atoms with van der Waals surface area (Å²) >= 11 is 0. The van der Waals surface area contributed by atoms with E-state index in [4.69, 9.17) is 0 Å². The fourth-order valence-electron chi connectivity index (χ4n) is 1.12. The molecule has 1 N–H and O–H groups in total. The van der Waals surface area contributed by atoms with Crippen LogP contribution in [0.1, 0.15) is 6.42 Å². The monoisotopic (exact) mass is 157 g/mol. The number of nitrogens with zero attached hydrogens (tertiary/aromatic N) is 1. The second kappa shape index (κ2) is 4.31. The van der Waals surface area contributed by atoms with Crippen molar-refractivity contribution in [3.05, 3.63) is 0 Å². The van der Waals surface area contributed by atoms with Crippen molar-refractivity contribution in [2.45, 2.75) is 6.42 Å². The van der Waals surface area contributed by atoms with Crippen molar-refractivity contribution in [1.82, 2.24) is 10.6 Å². The van der Waals surface area contributed by atoms with E-state index in [0.29, 0.717) is 12.3 Å². The van der Waals surface area contributed by atoms with Gasteiger partial charge in [0.2, 0.25) is 0 Å². The molecule has 63 valence electrons. The molecular formula is C7H13N2O2. The first-order valence-electron chi connectivity index (χ1n) is 3.73. The quantitative estimate of drug-likeness (QED) is 0.541. The summed E-state index contributed by atoms with van der Waals surface area (Å²) in [6.45, 7) is 2.37. The number of carbonyl (C=O) groups excluding carboxylic acids is 1. The van der Waals surface area contributed by atoms with E-state index in [9.17, 15) is 4.79 Å². The van der Waals surface area contributed by atoms with Gasteiger partial charge in [-0.15, -0.1) is 0 Å². The lowest BCUT2D eigenvalue weighted by Gasteiger charge is -2.21. The van der Waals surface area contributed by atoms with Crippen LogP contribution in [0.15, 0.2) is 0 Å². The fourth-order valence-corrected chi connectivity index (χ4v) is 1.12. The van der Waals surface area contributed by atoms with Crippen molar-refractivity contribution < 1.29 is 9.53 Å². The molecule has 0 saturated carbocycles. The number of nitrogens with one attached hydrogen (secondary N) is 1. The largest absolute Gasteiger partial charge is 0.469 e. The zero-order valence-electron chi connectivity index (χ0n) is 6.67. The van der Waals surface area contributed by atoms with Crippen molar-refractivity contribution in [3.8, 4) is 0 Å². The van der Waals surface area contributed by atoms with Gasteiger partial charge in [0.05, 0.1) is 20.2 Å². The number of ether oxygens (including phenoxy) is 1. The smallest absolute Gasteiger partial charge is 0.305 e. The Labute approximate surface area is 66.3 Å². The summed E-state index contributed by atoms with van der Waals surface area (Å²) in [5.41, 5.74) is 0. The van der Waals surface area contributed by atoms with E-state index in [1.54, 1.807) is 0 Å². The van der Waals surface area contributed by atoms with Crippen LogP contribution >= 0.6 is 0 Å². The number of hydrogen-bond acceptors (Lipinski definition) is 3. The second-order valence-electron chi connectivity index (χ2n) is 2.66. The van der Waals surface area contributed by atoms with Gasteiger partial charge < -0.3 is 10.1 Å². The maximum atomic E-state index is 10.8. The van der Waals surface area contributed by atoms with Gasteiger partial charge in [-0.1, -0.05) is 0 Å². The minimum absolute atomic E-state index is 0.145. The molecule has 4 heteroatoms. The lowest BCUT2D eigenvalue weighted by Crippen LogP contribution is -2.40. The maximum absolute atomic E-state index is 10.8. The summed E-state index contributed by atoms with van der Waals surface area (Å²) < 4.78 is 4.54. The van der Waals surface area contributed by atoms with E-state index in [1.165, 1.54) is 7.11 Å². The highest BCUT2D eigenvalue weighted by atomic mass is 16.5. The molecule has 4 nitrogen and oxygen atoms in total. The number of esters is 1. The molecule has 1 saturated heterocycles. The van der Waals surface area contributed by atoms with Gasteiger partial charge in [0.25, 0.3) is 0 Å². The van der Waals surface area contributed by atoms with Gasteiger partial charge in [0.1, 0.15) is 0 Å². The van der Waals surface area contributed by atoms with Gasteiger partial charge >= 0.3 is 5.97 Å². The van der Waals surface area contributed by atoms with Crippen LogP contribution in [0.4, 0.5) is 0 Å². The topological polar surface area (TPSA) is 52.4 Å². The normalized spacial score (nSPS) is 19.7. The lowest BCUT2D eigenvalue weighted by atomic mass is 10.1. The highest BCUT2D eigenvalue weighted by Gasteiger charge is 2.16. The number of methoxy groups -OCH3 is 1.